The molecule has 0 saturated heterocycles. The Morgan fingerprint density at radius 1 is 1.45 bits per heavy atom. The van der Waals surface area contributed by atoms with Crippen LogP contribution in [0.3, 0.4) is 0 Å². The van der Waals surface area contributed by atoms with E-state index in [1.165, 1.54) is 20.8 Å². The Kier molecular flexibility index (Phi) is 5.89. The maximum Gasteiger partial charge on any atom is 0.370 e. The largest absolute Gasteiger partial charge is 0.479 e. The van der Waals surface area contributed by atoms with Gasteiger partial charge in [-0.2, -0.15) is 0 Å². The van der Waals surface area contributed by atoms with Crippen LogP contribution in [0.1, 0.15) is 20.8 Å². The van der Waals surface area contributed by atoms with Crippen LogP contribution >= 0.6 is 0 Å². The summed E-state index contributed by atoms with van der Waals surface area (Å²) in [7, 11) is 0. The van der Waals surface area contributed by atoms with E-state index in [2.05, 4.69) is 10.3 Å². The van der Waals surface area contributed by atoms with Gasteiger partial charge in [0.15, 0.2) is 0 Å². The van der Waals surface area contributed by atoms with Gasteiger partial charge in [0.05, 0.1) is 18.0 Å². The number of hydrogen-bond donors (Lipinski definition) is 5. The molecule has 1 heterocycles. The molecule has 0 spiro atoms. The number of nitrogens with zero attached hydrogens (tertiary/aromatic N) is 1. The van der Waals surface area contributed by atoms with Crippen molar-refractivity contribution < 1.29 is 29.6 Å². The number of nitrogens with one attached hydrogen (secondary N) is 1. The number of nitrogens with two attached hydrogens (primary N) is 1. The van der Waals surface area contributed by atoms with Crippen molar-refractivity contribution in [3.8, 4) is 0 Å². The highest BCUT2D eigenvalue weighted by molar-refractivity contribution is 5.84. The summed E-state index contributed by atoms with van der Waals surface area (Å²) < 4.78 is 5.32. The van der Waals surface area contributed by atoms with Crippen molar-refractivity contribution in [2.75, 3.05) is 0 Å². The summed E-state index contributed by atoms with van der Waals surface area (Å²) in [5.41, 5.74) is 5.52. The highest BCUT2D eigenvalue weighted by atomic mass is 16.5. The Hall–Kier alpha value is -2.13. The quantitative estimate of drug-likeness (QED) is 0.300. The second-order valence-electron chi connectivity index (χ2n) is 5.14. The Balaban J connectivity index is 3.23. The van der Waals surface area contributed by atoms with Crippen LogP contribution in [-0.2, 0) is 14.3 Å². The average Bonchev–Trinajstić information content (AvgIpc) is 2.37. The number of ether oxygens (including phenoxy) is 1. The number of hydrogen-bond acceptors (Lipinski definition) is 6. The Morgan fingerprint density at radius 2 is 2.05 bits per heavy atom. The summed E-state index contributed by atoms with van der Waals surface area (Å²) in [6.07, 6.45) is -2.45. The molecule has 0 aromatic rings. The van der Waals surface area contributed by atoms with Crippen LogP contribution in [0.5, 0.6) is 0 Å². The van der Waals surface area contributed by atoms with Crippen LogP contribution in [0.2, 0.25) is 0 Å². The summed E-state index contributed by atoms with van der Waals surface area (Å²) in [6, 6.07) is -1.93. The zero-order valence-corrected chi connectivity index (χ0v) is 12.6. The third kappa shape index (κ3) is 4.43. The topological polar surface area (TPSA) is 154 Å². The number of carbonyl (C=O) groups is 2. The molecule has 0 aromatic heterocycles. The molecule has 1 aliphatic rings. The first-order valence-corrected chi connectivity index (χ1v) is 6.68. The van der Waals surface area contributed by atoms with Crippen molar-refractivity contribution in [1.29, 1.82) is 0 Å². The molecule has 0 radical (unpaired) electrons. The zero-order valence-electron chi connectivity index (χ0n) is 12.6. The van der Waals surface area contributed by atoms with E-state index in [0.29, 0.717) is 0 Å². The molecule has 1 rings (SSSR count). The lowest BCUT2D eigenvalue weighted by Gasteiger charge is -2.38. The molecular weight excluding hydrogens is 294 g/mol. The zero-order chi connectivity index (χ0) is 17.0. The number of rotatable bonds is 5. The molecule has 1 unspecified atom stereocenters. The normalized spacial score (nSPS) is 28.1. The molecule has 9 nitrogen and oxygen atoms in total. The van der Waals surface area contributed by atoms with Crippen LogP contribution < -0.4 is 11.1 Å². The number of carboxylic acid groups (broad SMARTS) is 1. The number of carboxylic acids is 1. The number of aliphatic imine (C=N–C) groups is 1. The van der Waals surface area contributed by atoms with Crippen molar-refractivity contribution in [2.45, 2.75) is 51.2 Å². The van der Waals surface area contributed by atoms with Gasteiger partial charge < -0.3 is 31.1 Å². The standard InChI is InChI=1S/C13H21N3O6/c1-5(17)10(15-6(2)14)12-11(16-7(3)18)8(19)4-9(22-12)13(20)21/h4-5,8,10-12,17,19H,1-3H3,(H2,14,15)(H,16,18)(H,20,21)/t5-,8-,10-,11-,12?/m0/s1. The fourth-order valence-corrected chi connectivity index (χ4v) is 2.21. The van der Waals surface area contributed by atoms with Gasteiger partial charge in [0, 0.05) is 6.92 Å². The first kappa shape index (κ1) is 17.9. The summed E-state index contributed by atoms with van der Waals surface area (Å²) in [6.45, 7) is 4.17. The van der Waals surface area contributed by atoms with E-state index in [1.807, 2.05) is 0 Å². The summed E-state index contributed by atoms with van der Waals surface area (Å²) in [4.78, 5) is 26.4. The second-order valence-corrected chi connectivity index (χ2v) is 5.14. The van der Waals surface area contributed by atoms with Crippen molar-refractivity contribution in [3.63, 3.8) is 0 Å². The molecule has 1 aliphatic heterocycles. The molecule has 0 aliphatic carbocycles. The predicted molar refractivity (Wildman–Crippen MR) is 77.0 cm³/mol. The number of aliphatic hydroxyl groups excluding tert-OH is 2. The van der Waals surface area contributed by atoms with Crippen LogP contribution in [0.4, 0.5) is 0 Å². The lowest BCUT2D eigenvalue weighted by molar-refractivity contribution is -0.141. The van der Waals surface area contributed by atoms with E-state index < -0.39 is 48.0 Å². The summed E-state index contributed by atoms with van der Waals surface area (Å²) >= 11 is 0. The van der Waals surface area contributed by atoms with Crippen molar-refractivity contribution in [3.05, 3.63) is 11.8 Å². The first-order valence-electron chi connectivity index (χ1n) is 6.68. The smallest absolute Gasteiger partial charge is 0.370 e. The molecule has 1 amide bonds. The minimum Gasteiger partial charge on any atom is -0.479 e. The maximum atomic E-state index is 11.3. The van der Waals surface area contributed by atoms with Crippen LogP contribution in [-0.4, -0.2) is 63.4 Å². The lowest BCUT2D eigenvalue weighted by Crippen LogP contribution is -2.59. The van der Waals surface area contributed by atoms with E-state index in [-0.39, 0.29) is 5.84 Å². The van der Waals surface area contributed by atoms with Crippen molar-refractivity contribution >= 4 is 17.7 Å². The second kappa shape index (κ2) is 7.23. The highest BCUT2D eigenvalue weighted by Gasteiger charge is 2.42. The molecular formula is C13H21N3O6. The molecule has 0 aromatic carbocycles. The third-order valence-corrected chi connectivity index (χ3v) is 3.07. The summed E-state index contributed by atoms with van der Waals surface area (Å²) in [5, 5.41) is 31.5. The van der Waals surface area contributed by atoms with Crippen LogP contribution in [0.15, 0.2) is 16.8 Å². The van der Waals surface area contributed by atoms with Gasteiger partial charge in [-0.25, -0.2) is 4.79 Å². The van der Waals surface area contributed by atoms with Crippen LogP contribution in [0.25, 0.3) is 0 Å². The molecule has 6 N–H and O–H groups in total. The van der Waals surface area contributed by atoms with E-state index in [1.54, 1.807) is 0 Å². The minimum atomic E-state index is -1.37. The van der Waals surface area contributed by atoms with Gasteiger partial charge in [-0.15, -0.1) is 0 Å². The predicted octanol–water partition coefficient (Wildman–Crippen LogP) is -1.65. The Bertz CT molecular complexity index is 498. The van der Waals surface area contributed by atoms with Gasteiger partial charge in [-0.3, -0.25) is 9.79 Å². The highest BCUT2D eigenvalue weighted by Crippen LogP contribution is 2.24. The fraction of sp³-hybridized carbons (Fsp3) is 0.615. The number of aliphatic hydroxyl groups is 2. The SMILES string of the molecule is CC(=O)N[C@@H]1C([C@@H](N=C(C)N)[C@H](C)O)OC(C(=O)O)=C[C@@H]1O. The van der Waals surface area contributed by atoms with Gasteiger partial charge in [0.1, 0.15) is 18.2 Å². The van der Waals surface area contributed by atoms with Crippen molar-refractivity contribution in [2.24, 2.45) is 10.7 Å². The minimum absolute atomic E-state index is 0.150. The number of amides is 1. The van der Waals surface area contributed by atoms with E-state index >= 15 is 0 Å². The van der Waals surface area contributed by atoms with E-state index in [9.17, 15) is 19.8 Å². The van der Waals surface area contributed by atoms with Crippen LogP contribution in [0, 0.1) is 0 Å². The molecule has 9 heteroatoms. The Labute approximate surface area is 127 Å². The molecule has 124 valence electrons. The van der Waals surface area contributed by atoms with Gasteiger partial charge in [-0.05, 0) is 19.9 Å². The average molecular weight is 315 g/mol. The summed E-state index contributed by atoms with van der Waals surface area (Å²) in [5.74, 6) is -2.14. The van der Waals surface area contributed by atoms with E-state index in [0.717, 1.165) is 6.08 Å². The Morgan fingerprint density at radius 3 is 2.45 bits per heavy atom. The van der Waals surface area contributed by atoms with Gasteiger partial charge in [0.25, 0.3) is 0 Å². The molecule has 5 atom stereocenters. The third-order valence-electron chi connectivity index (χ3n) is 3.07. The number of amidine groups is 1. The van der Waals surface area contributed by atoms with Crippen molar-refractivity contribution in [1.82, 2.24) is 5.32 Å². The molecule has 22 heavy (non-hydrogen) atoms. The molecule has 0 fully saturated rings. The first-order chi connectivity index (χ1) is 10.1. The van der Waals surface area contributed by atoms with E-state index in [4.69, 9.17) is 15.6 Å². The monoisotopic (exact) mass is 315 g/mol. The fourth-order valence-electron chi connectivity index (χ4n) is 2.21. The lowest BCUT2D eigenvalue weighted by atomic mass is 9.92. The van der Waals surface area contributed by atoms with Gasteiger partial charge in [-0.1, -0.05) is 0 Å². The van der Waals surface area contributed by atoms with Gasteiger partial charge >= 0.3 is 5.97 Å². The number of carbonyl (C=O) groups excluding carboxylic acids is 1. The molecule has 0 saturated carbocycles. The number of aliphatic carboxylic acids is 1. The maximum absolute atomic E-state index is 11.3. The molecule has 0 bridgehead atoms. The van der Waals surface area contributed by atoms with Gasteiger partial charge in [0.2, 0.25) is 11.7 Å².